The van der Waals surface area contributed by atoms with Crippen molar-refractivity contribution in [3.8, 4) is 0 Å². The summed E-state index contributed by atoms with van der Waals surface area (Å²) in [5.74, 6) is 5.70. The average molecular weight is 284 g/mol. The van der Waals surface area contributed by atoms with Crippen LogP contribution in [0.1, 0.15) is 17.3 Å². The largest absolute Gasteiger partial charge is 0.271 e. The first-order valence-electron chi connectivity index (χ1n) is 6.36. The van der Waals surface area contributed by atoms with E-state index in [0.29, 0.717) is 5.02 Å². The summed E-state index contributed by atoms with van der Waals surface area (Å²) < 4.78 is 0. The summed E-state index contributed by atoms with van der Waals surface area (Å²) >= 11 is 6.24. The van der Waals surface area contributed by atoms with Crippen molar-refractivity contribution in [3.63, 3.8) is 0 Å². The number of fused-ring (bicyclic) bond motifs is 1. The van der Waals surface area contributed by atoms with Crippen molar-refractivity contribution in [1.29, 1.82) is 0 Å². The number of pyridine rings is 1. The number of nitrogens with zero attached hydrogens (tertiary/aromatic N) is 1. The first kappa shape index (κ1) is 13.1. The van der Waals surface area contributed by atoms with Crippen molar-refractivity contribution in [3.05, 3.63) is 76.9 Å². The molecule has 1 atom stereocenters. The molecule has 0 aliphatic heterocycles. The fourth-order valence-corrected chi connectivity index (χ4v) is 2.53. The van der Waals surface area contributed by atoms with Crippen molar-refractivity contribution in [1.82, 2.24) is 10.4 Å². The highest BCUT2D eigenvalue weighted by molar-refractivity contribution is 6.31. The van der Waals surface area contributed by atoms with Crippen molar-refractivity contribution < 1.29 is 0 Å². The number of rotatable bonds is 3. The predicted molar refractivity (Wildman–Crippen MR) is 82.4 cm³/mol. The number of halogens is 1. The first-order valence-corrected chi connectivity index (χ1v) is 6.73. The second-order valence-corrected chi connectivity index (χ2v) is 4.96. The number of para-hydroxylation sites is 1. The van der Waals surface area contributed by atoms with Crippen LogP contribution in [0, 0.1) is 0 Å². The topological polar surface area (TPSA) is 50.9 Å². The maximum Gasteiger partial charge on any atom is 0.0896 e. The van der Waals surface area contributed by atoms with Gasteiger partial charge in [-0.05, 0) is 23.8 Å². The fraction of sp³-hybridized carbons (Fsp3) is 0.0625. The van der Waals surface area contributed by atoms with E-state index < -0.39 is 0 Å². The summed E-state index contributed by atoms with van der Waals surface area (Å²) in [5.41, 5.74) is 5.50. The summed E-state index contributed by atoms with van der Waals surface area (Å²) in [4.78, 5) is 4.66. The smallest absolute Gasteiger partial charge is 0.0896 e. The quantitative estimate of drug-likeness (QED) is 0.572. The number of benzene rings is 2. The van der Waals surface area contributed by atoms with Crippen LogP contribution < -0.4 is 11.3 Å². The Kier molecular flexibility index (Phi) is 3.65. The Hall–Kier alpha value is -1.94. The van der Waals surface area contributed by atoms with E-state index in [0.717, 1.165) is 22.2 Å². The monoisotopic (exact) mass is 283 g/mol. The van der Waals surface area contributed by atoms with Crippen LogP contribution in [0.25, 0.3) is 10.9 Å². The molecule has 0 saturated carbocycles. The van der Waals surface area contributed by atoms with Crippen LogP contribution >= 0.6 is 11.6 Å². The molecule has 0 aliphatic carbocycles. The normalized spacial score (nSPS) is 12.5. The average Bonchev–Trinajstić information content (AvgIpc) is 2.50. The van der Waals surface area contributed by atoms with Crippen LogP contribution in [0.4, 0.5) is 0 Å². The van der Waals surface area contributed by atoms with E-state index in [9.17, 15) is 0 Å². The Bertz CT molecular complexity index is 742. The van der Waals surface area contributed by atoms with E-state index in [1.165, 1.54) is 0 Å². The Labute approximate surface area is 122 Å². The molecule has 2 aromatic carbocycles. The number of hydrogen-bond acceptors (Lipinski definition) is 3. The zero-order chi connectivity index (χ0) is 13.9. The van der Waals surface area contributed by atoms with Crippen LogP contribution in [0.3, 0.4) is 0 Å². The highest BCUT2D eigenvalue weighted by Crippen LogP contribution is 2.27. The number of nitrogens with one attached hydrogen (secondary N) is 1. The minimum absolute atomic E-state index is 0.228. The summed E-state index contributed by atoms with van der Waals surface area (Å²) in [6, 6.07) is 19.4. The van der Waals surface area contributed by atoms with Crippen LogP contribution in [-0.2, 0) is 0 Å². The molecule has 3 aromatic rings. The molecular weight excluding hydrogens is 270 g/mol. The van der Waals surface area contributed by atoms with Crippen LogP contribution in [-0.4, -0.2) is 4.98 Å². The second kappa shape index (κ2) is 5.59. The molecule has 0 spiro atoms. The summed E-state index contributed by atoms with van der Waals surface area (Å²) in [6.07, 6.45) is 0. The van der Waals surface area contributed by atoms with Crippen LogP contribution in [0.2, 0.25) is 5.02 Å². The van der Waals surface area contributed by atoms with Crippen molar-refractivity contribution in [2.24, 2.45) is 5.84 Å². The summed E-state index contributed by atoms with van der Waals surface area (Å²) in [5, 5.41) is 1.77. The number of aromatic nitrogens is 1. The van der Waals surface area contributed by atoms with Gasteiger partial charge < -0.3 is 0 Å². The highest BCUT2D eigenvalue weighted by Gasteiger charge is 2.16. The van der Waals surface area contributed by atoms with Gasteiger partial charge >= 0.3 is 0 Å². The molecule has 1 heterocycles. The van der Waals surface area contributed by atoms with Crippen molar-refractivity contribution in [2.45, 2.75) is 6.04 Å². The maximum absolute atomic E-state index is 6.24. The third-order valence-corrected chi connectivity index (χ3v) is 3.64. The van der Waals surface area contributed by atoms with Gasteiger partial charge in [-0.1, -0.05) is 54.1 Å². The molecule has 3 rings (SSSR count). The van der Waals surface area contributed by atoms with Gasteiger partial charge in [0.05, 0.1) is 17.3 Å². The van der Waals surface area contributed by atoms with E-state index >= 15 is 0 Å². The molecule has 0 saturated heterocycles. The second-order valence-electron chi connectivity index (χ2n) is 4.55. The van der Waals surface area contributed by atoms with Gasteiger partial charge in [-0.2, -0.15) is 0 Å². The maximum atomic E-state index is 6.24. The van der Waals surface area contributed by atoms with Crippen LogP contribution in [0.5, 0.6) is 0 Å². The van der Waals surface area contributed by atoms with Gasteiger partial charge in [0, 0.05) is 10.4 Å². The van der Waals surface area contributed by atoms with Crippen LogP contribution in [0.15, 0.2) is 60.7 Å². The SMILES string of the molecule is NNC(c1ccc2ccccc2n1)c1ccccc1Cl. The molecule has 0 bridgehead atoms. The Morgan fingerprint density at radius 2 is 1.70 bits per heavy atom. The molecule has 0 amide bonds. The molecule has 3 N–H and O–H groups in total. The van der Waals surface area contributed by atoms with Gasteiger partial charge in [0.1, 0.15) is 0 Å². The van der Waals surface area contributed by atoms with Gasteiger partial charge in [-0.25, -0.2) is 5.43 Å². The lowest BCUT2D eigenvalue weighted by Crippen LogP contribution is -2.29. The minimum atomic E-state index is -0.228. The van der Waals surface area contributed by atoms with Gasteiger partial charge in [0.15, 0.2) is 0 Å². The fourth-order valence-electron chi connectivity index (χ4n) is 2.29. The standard InChI is InChI=1S/C16H14ClN3/c17-13-7-3-2-6-12(13)16(20-18)15-10-9-11-5-1-4-8-14(11)19-15/h1-10,16,20H,18H2. The lowest BCUT2D eigenvalue weighted by atomic mass is 10.0. The lowest BCUT2D eigenvalue weighted by molar-refractivity contribution is 0.623. The molecule has 0 radical (unpaired) electrons. The third-order valence-electron chi connectivity index (χ3n) is 3.30. The molecule has 1 unspecified atom stereocenters. The zero-order valence-electron chi connectivity index (χ0n) is 10.8. The molecule has 4 heteroatoms. The molecule has 1 aromatic heterocycles. The number of hydrazine groups is 1. The predicted octanol–water partition coefficient (Wildman–Crippen LogP) is 3.44. The Balaban J connectivity index is 2.10. The van der Waals surface area contributed by atoms with Gasteiger partial charge in [0.2, 0.25) is 0 Å². The highest BCUT2D eigenvalue weighted by atomic mass is 35.5. The molecule has 0 aliphatic rings. The van der Waals surface area contributed by atoms with E-state index in [-0.39, 0.29) is 6.04 Å². The summed E-state index contributed by atoms with van der Waals surface area (Å²) in [7, 11) is 0. The molecule has 100 valence electrons. The summed E-state index contributed by atoms with van der Waals surface area (Å²) in [6.45, 7) is 0. The third kappa shape index (κ3) is 2.39. The van der Waals surface area contributed by atoms with E-state index in [2.05, 4.69) is 10.4 Å². The molecule has 20 heavy (non-hydrogen) atoms. The number of nitrogens with two attached hydrogens (primary N) is 1. The van der Waals surface area contributed by atoms with Crippen molar-refractivity contribution in [2.75, 3.05) is 0 Å². The van der Waals surface area contributed by atoms with E-state index in [4.69, 9.17) is 17.4 Å². The Morgan fingerprint density at radius 1 is 0.950 bits per heavy atom. The lowest BCUT2D eigenvalue weighted by Gasteiger charge is -2.17. The van der Waals surface area contributed by atoms with E-state index in [1.54, 1.807) is 0 Å². The van der Waals surface area contributed by atoms with Gasteiger partial charge in [0.25, 0.3) is 0 Å². The van der Waals surface area contributed by atoms with Crippen molar-refractivity contribution >= 4 is 22.5 Å². The van der Waals surface area contributed by atoms with E-state index in [1.807, 2.05) is 60.7 Å². The van der Waals surface area contributed by atoms with Gasteiger partial charge in [-0.15, -0.1) is 0 Å². The Morgan fingerprint density at radius 3 is 2.50 bits per heavy atom. The van der Waals surface area contributed by atoms with Gasteiger partial charge in [-0.3, -0.25) is 10.8 Å². The molecular formula is C16H14ClN3. The zero-order valence-corrected chi connectivity index (χ0v) is 11.5. The molecule has 3 nitrogen and oxygen atoms in total. The number of hydrogen-bond donors (Lipinski definition) is 2. The minimum Gasteiger partial charge on any atom is -0.271 e. The molecule has 0 fully saturated rings. The first-order chi connectivity index (χ1) is 9.79.